The molecule has 2 aromatic carbocycles. The number of nitro benzene ring substituents is 1. The number of quaternary nitrogens is 1. The standard InChI is InChI=1S/C16H14ClF2N3O3/c1-9(10-2-4-12(18)13(19)6-10)20-8-16(23)21-14-5-3-11(17)7-15(14)22(24)25/h2-7,9,20H,8H2,1H3,(H,21,23)/p+1/t9-/m0/s1. The number of benzene rings is 2. The summed E-state index contributed by atoms with van der Waals surface area (Å²) in [5, 5.41) is 15.2. The Balaban J connectivity index is 1.99. The highest BCUT2D eigenvalue weighted by Gasteiger charge is 2.18. The lowest BCUT2D eigenvalue weighted by Crippen LogP contribution is -2.86. The number of rotatable bonds is 6. The molecule has 9 heteroatoms. The highest BCUT2D eigenvalue weighted by Crippen LogP contribution is 2.27. The van der Waals surface area contributed by atoms with Crippen LogP contribution in [-0.2, 0) is 4.79 Å². The molecule has 0 aliphatic carbocycles. The van der Waals surface area contributed by atoms with Gasteiger partial charge in [-0.3, -0.25) is 14.9 Å². The van der Waals surface area contributed by atoms with Gasteiger partial charge in [0.25, 0.3) is 11.6 Å². The average Bonchev–Trinajstić information content (AvgIpc) is 2.56. The van der Waals surface area contributed by atoms with Crippen LogP contribution in [0.25, 0.3) is 0 Å². The largest absolute Gasteiger partial charge is 0.333 e. The molecule has 2 aromatic rings. The number of nitrogens with one attached hydrogen (secondary N) is 1. The molecule has 1 atom stereocenters. The van der Waals surface area contributed by atoms with E-state index in [1.165, 1.54) is 18.2 Å². The quantitative estimate of drug-likeness (QED) is 0.605. The summed E-state index contributed by atoms with van der Waals surface area (Å²) in [6, 6.07) is 7.13. The van der Waals surface area contributed by atoms with Gasteiger partial charge in [0.2, 0.25) is 0 Å². The van der Waals surface area contributed by atoms with Gasteiger partial charge in [0.05, 0.1) is 4.92 Å². The minimum Gasteiger partial charge on any atom is -0.333 e. The van der Waals surface area contributed by atoms with Crippen LogP contribution in [-0.4, -0.2) is 17.4 Å². The summed E-state index contributed by atoms with van der Waals surface area (Å²) in [7, 11) is 0. The predicted molar refractivity (Wildman–Crippen MR) is 88.3 cm³/mol. The van der Waals surface area contributed by atoms with Crippen molar-refractivity contribution in [1.29, 1.82) is 0 Å². The van der Waals surface area contributed by atoms with Crippen molar-refractivity contribution < 1.29 is 23.8 Å². The minimum absolute atomic E-state index is 0.0354. The Morgan fingerprint density at radius 3 is 2.64 bits per heavy atom. The molecule has 0 fully saturated rings. The smallest absolute Gasteiger partial charge is 0.294 e. The number of nitrogens with zero attached hydrogens (tertiary/aromatic N) is 1. The second kappa shape index (κ2) is 8.00. The Morgan fingerprint density at radius 2 is 2.00 bits per heavy atom. The SMILES string of the molecule is C[C@H]([NH2+]CC(=O)Nc1ccc(Cl)cc1[N+](=O)[O-])c1ccc(F)c(F)c1. The topological polar surface area (TPSA) is 88.8 Å². The number of halogens is 3. The van der Waals surface area contributed by atoms with Crippen molar-refractivity contribution in [3.05, 3.63) is 68.7 Å². The van der Waals surface area contributed by atoms with Gasteiger partial charge in [-0.05, 0) is 37.3 Å². The van der Waals surface area contributed by atoms with Gasteiger partial charge in [0.15, 0.2) is 18.2 Å². The molecule has 0 bridgehead atoms. The van der Waals surface area contributed by atoms with Crippen LogP contribution >= 0.6 is 11.6 Å². The molecule has 0 saturated heterocycles. The average molecular weight is 371 g/mol. The van der Waals surface area contributed by atoms with Crippen LogP contribution in [0.1, 0.15) is 18.5 Å². The summed E-state index contributed by atoms with van der Waals surface area (Å²) in [4.78, 5) is 22.3. The first-order valence-corrected chi connectivity index (χ1v) is 7.68. The summed E-state index contributed by atoms with van der Waals surface area (Å²) < 4.78 is 26.2. The highest BCUT2D eigenvalue weighted by molar-refractivity contribution is 6.31. The molecular formula is C16H15ClF2N3O3+. The minimum atomic E-state index is -0.959. The maximum absolute atomic E-state index is 13.2. The van der Waals surface area contributed by atoms with E-state index in [1.807, 2.05) is 0 Å². The first kappa shape index (κ1) is 18.8. The van der Waals surface area contributed by atoms with Gasteiger partial charge in [0.1, 0.15) is 11.7 Å². The molecule has 0 aliphatic rings. The normalized spacial score (nSPS) is 11.8. The van der Waals surface area contributed by atoms with Crippen LogP contribution in [0.3, 0.4) is 0 Å². The third kappa shape index (κ3) is 4.94. The number of nitro groups is 1. The van der Waals surface area contributed by atoms with Gasteiger partial charge in [0, 0.05) is 16.7 Å². The second-order valence-corrected chi connectivity index (χ2v) is 5.81. The molecule has 0 radical (unpaired) electrons. The number of nitrogens with two attached hydrogens (primary N) is 1. The monoisotopic (exact) mass is 370 g/mol. The number of carbonyl (C=O) groups excluding carboxylic acids is 1. The Labute approximate surface area is 146 Å². The van der Waals surface area contributed by atoms with E-state index in [1.54, 1.807) is 12.2 Å². The van der Waals surface area contributed by atoms with E-state index in [2.05, 4.69) is 5.32 Å². The summed E-state index contributed by atoms with van der Waals surface area (Å²) in [6.45, 7) is 1.67. The van der Waals surface area contributed by atoms with Crippen molar-refractivity contribution >= 4 is 28.9 Å². The van der Waals surface area contributed by atoms with Crippen molar-refractivity contribution in [3.63, 3.8) is 0 Å². The number of carbonyl (C=O) groups is 1. The van der Waals surface area contributed by atoms with E-state index < -0.39 is 22.5 Å². The molecule has 132 valence electrons. The third-order valence-corrected chi connectivity index (χ3v) is 3.79. The second-order valence-electron chi connectivity index (χ2n) is 5.37. The zero-order chi connectivity index (χ0) is 18.6. The fourth-order valence-electron chi connectivity index (χ4n) is 2.18. The molecule has 2 rings (SSSR count). The first-order valence-electron chi connectivity index (χ1n) is 7.30. The maximum Gasteiger partial charge on any atom is 0.294 e. The van der Waals surface area contributed by atoms with Crippen LogP contribution < -0.4 is 10.6 Å². The molecular weight excluding hydrogens is 356 g/mol. The lowest BCUT2D eigenvalue weighted by Gasteiger charge is -2.11. The molecule has 0 saturated carbocycles. The van der Waals surface area contributed by atoms with Gasteiger partial charge in [-0.25, -0.2) is 8.78 Å². The number of hydrogen-bond acceptors (Lipinski definition) is 3. The Hall–Kier alpha value is -2.58. The lowest BCUT2D eigenvalue weighted by atomic mass is 10.1. The summed E-state index contributed by atoms with van der Waals surface area (Å²) >= 11 is 5.71. The third-order valence-electron chi connectivity index (χ3n) is 3.56. The van der Waals surface area contributed by atoms with E-state index in [9.17, 15) is 23.7 Å². The molecule has 0 spiro atoms. The van der Waals surface area contributed by atoms with Crippen LogP contribution in [0.2, 0.25) is 5.02 Å². The number of anilines is 1. The Kier molecular flexibility index (Phi) is 6.00. The molecule has 6 nitrogen and oxygen atoms in total. The van der Waals surface area contributed by atoms with Crippen molar-refractivity contribution in [3.8, 4) is 0 Å². The van der Waals surface area contributed by atoms with E-state index in [4.69, 9.17) is 11.6 Å². The molecule has 0 heterocycles. The van der Waals surface area contributed by atoms with E-state index in [-0.39, 0.29) is 29.0 Å². The van der Waals surface area contributed by atoms with Crippen LogP contribution in [0.4, 0.5) is 20.2 Å². The first-order chi connectivity index (χ1) is 11.8. The van der Waals surface area contributed by atoms with Crippen molar-refractivity contribution in [2.24, 2.45) is 0 Å². The van der Waals surface area contributed by atoms with Gasteiger partial charge >= 0.3 is 0 Å². The Bertz CT molecular complexity index is 817. The number of amides is 1. The predicted octanol–water partition coefficient (Wildman–Crippen LogP) is 2.79. The van der Waals surface area contributed by atoms with E-state index in [0.717, 1.165) is 18.2 Å². The van der Waals surface area contributed by atoms with Gasteiger partial charge in [-0.1, -0.05) is 11.6 Å². The molecule has 0 aromatic heterocycles. The lowest BCUT2D eigenvalue weighted by molar-refractivity contribution is -0.682. The molecule has 0 unspecified atom stereocenters. The molecule has 25 heavy (non-hydrogen) atoms. The fraction of sp³-hybridized carbons (Fsp3) is 0.188. The summed E-state index contributed by atoms with van der Waals surface area (Å²) in [5.74, 6) is -2.37. The molecule has 1 amide bonds. The van der Waals surface area contributed by atoms with Crippen LogP contribution in [0.5, 0.6) is 0 Å². The number of hydrogen-bond donors (Lipinski definition) is 2. The Morgan fingerprint density at radius 1 is 1.28 bits per heavy atom. The van der Waals surface area contributed by atoms with Gasteiger partial charge in [-0.15, -0.1) is 0 Å². The summed E-state index contributed by atoms with van der Waals surface area (Å²) in [6.07, 6.45) is 0. The van der Waals surface area contributed by atoms with Gasteiger partial charge < -0.3 is 10.6 Å². The van der Waals surface area contributed by atoms with E-state index in [0.29, 0.717) is 5.56 Å². The zero-order valence-electron chi connectivity index (χ0n) is 13.1. The van der Waals surface area contributed by atoms with Crippen LogP contribution in [0, 0.1) is 21.7 Å². The van der Waals surface area contributed by atoms with Gasteiger partial charge in [-0.2, -0.15) is 0 Å². The fourth-order valence-corrected chi connectivity index (χ4v) is 2.34. The molecule has 3 N–H and O–H groups in total. The zero-order valence-corrected chi connectivity index (χ0v) is 13.9. The highest BCUT2D eigenvalue weighted by atomic mass is 35.5. The van der Waals surface area contributed by atoms with Crippen LogP contribution in [0.15, 0.2) is 36.4 Å². The van der Waals surface area contributed by atoms with Crippen molar-refractivity contribution in [2.75, 3.05) is 11.9 Å². The van der Waals surface area contributed by atoms with Crippen molar-refractivity contribution in [1.82, 2.24) is 0 Å². The molecule has 0 aliphatic heterocycles. The summed E-state index contributed by atoms with van der Waals surface area (Å²) in [5.41, 5.74) is 0.243. The maximum atomic E-state index is 13.2. The van der Waals surface area contributed by atoms with Crippen molar-refractivity contribution in [2.45, 2.75) is 13.0 Å². The van der Waals surface area contributed by atoms with E-state index >= 15 is 0 Å².